The summed E-state index contributed by atoms with van der Waals surface area (Å²) in [6.07, 6.45) is 31.2. The summed E-state index contributed by atoms with van der Waals surface area (Å²) >= 11 is 0. The molecule has 67 heavy (non-hydrogen) atoms. The van der Waals surface area contributed by atoms with Crippen molar-refractivity contribution in [3.05, 3.63) is 55.7 Å². The van der Waals surface area contributed by atoms with Crippen LogP contribution in [0.25, 0.3) is 0 Å². The van der Waals surface area contributed by atoms with Gasteiger partial charge in [-0.3, -0.25) is 9.35 Å². The van der Waals surface area contributed by atoms with Crippen LogP contribution in [0.5, 0.6) is 17.2 Å². The van der Waals surface area contributed by atoms with Gasteiger partial charge in [0.2, 0.25) is 5.75 Å². The van der Waals surface area contributed by atoms with E-state index in [2.05, 4.69) is 25.1 Å². The number of esters is 3. The van der Waals surface area contributed by atoms with Crippen LogP contribution in [0.2, 0.25) is 0 Å². The molecule has 0 fully saturated rings. The number of hydrogen-bond acceptors (Lipinski definition) is 12. The van der Waals surface area contributed by atoms with Crippen LogP contribution in [0.15, 0.2) is 50.1 Å². The van der Waals surface area contributed by atoms with Crippen molar-refractivity contribution in [3.8, 4) is 17.2 Å². The van der Waals surface area contributed by atoms with Crippen LogP contribution in [0, 0.1) is 0 Å². The molecule has 0 atom stereocenters. The Morgan fingerprint density at radius 2 is 0.746 bits per heavy atom. The van der Waals surface area contributed by atoms with Gasteiger partial charge in [0.15, 0.2) is 11.5 Å². The molecule has 378 valence electrons. The minimum atomic E-state index is -4.26. The molecule has 14 nitrogen and oxygen atoms in total. The van der Waals surface area contributed by atoms with E-state index < -0.39 is 21.8 Å². The molecule has 0 bridgehead atoms. The molecule has 0 radical (unpaired) electrons. The molecular weight excluding hydrogens is 874 g/mol. The molecular formula is C51H84LiNO13S. The van der Waals surface area contributed by atoms with Crippen molar-refractivity contribution < 1.29 is 80.9 Å². The van der Waals surface area contributed by atoms with Gasteiger partial charge in [-0.2, -0.15) is 8.42 Å². The first-order chi connectivity index (χ1) is 32.0. The molecule has 0 aliphatic heterocycles. The van der Waals surface area contributed by atoms with Gasteiger partial charge in [-0.05, 0) is 50.7 Å². The third-order valence-electron chi connectivity index (χ3n) is 10.8. The van der Waals surface area contributed by atoms with E-state index in [9.17, 15) is 32.1 Å². The number of carbonyl (C=O) groups excluding carboxylic acids is 4. The Morgan fingerprint density at radius 1 is 0.478 bits per heavy atom. The summed E-state index contributed by atoms with van der Waals surface area (Å²) in [6, 6.07) is 3.22. The van der Waals surface area contributed by atoms with E-state index in [1.165, 1.54) is 18.2 Å². The largest absolute Gasteiger partial charge is 1.00 e. The minimum Gasteiger partial charge on any atom is -1.00 e. The van der Waals surface area contributed by atoms with Crippen molar-refractivity contribution in [1.82, 2.24) is 5.32 Å². The maximum Gasteiger partial charge on any atom is 1.00 e. The molecule has 0 aromatic heterocycles. The summed E-state index contributed by atoms with van der Waals surface area (Å²) in [5, 5.41) is 2.57. The van der Waals surface area contributed by atoms with E-state index in [1.807, 2.05) is 0 Å². The maximum atomic E-state index is 13.3. The molecule has 0 aliphatic carbocycles. The summed E-state index contributed by atoms with van der Waals surface area (Å²) in [6.45, 7) is 12.5. The van der Waals surface area contributed by atoms with Crippen LogP contribution in [-0.4, -0.2) is 88.7 Å². The summed E-state index contributed by atoms with van der Waals surface area (Å²) in [7, 11) is -4.26. The Labute approximate surface area is 416 Å². The molecule has 0 heterocycles. The van der Waals surface area contributed by atoms with E-state index in [1.54, 1.807) is 12.1 Å². The van der Waals surface area contributed by atoms with Gasteiger partial charge in [0.05, 0.1) is 45.4 Å². The molecule has 2 N–H and O–H groups in total. The van der Waals surface area contributed by atoms with Gasteiger partial charge >= 0.3 is 36.8 Å². The molecule has 0 aliphatic rings. The first-order valence-electron chi connectivity index (χ1n) is 24.7. The number of nitrogens with one attached hydrogen (secondary N) is 1. The number of rotatable bonds is 46. The predicted octanol–water partition coefficient (Wildman–Crippen LogP) is 8.28. The van der Waals surface area contributed by atoms with Crippen molar-refractivity contribution in [2.75, 3.05) is 51.9 Å². The summed E-state index contributed by atoms with van der Waals surface area (Å²) in [4.78, 5) is 46.8. The van der Waals surface area contributed by atoms with E-state index in [4.69, 9.17) is 28.4 Å². The molecule has 1 rings (SSSR count). The average Bonchev–Trinajstić information content (AvgIpc) is 3.30. The van der Waals surface area contributed by atoms with E-state index >= 15 is 0 Å². The zero-order valence-electron chi connectivity index (χ0n) is 42.0. The number of ether oxygens (including phenoxy) is 6. The number of amides is 1. The number of benzene rings is 1. The SMILES string of the molecule is C=CC(=O)OCCCCCCCCCCCOc1cc(C(=O)NCCS(=O)(=O)O)cc(OCCCCCCCCCCCOC(=O)C=C)c1OCCCCCCCCCCCOC(=O)C=C.[H-].[Li+]. The zero-order valence-corrected chi connectivity index (χ0v) is 41.8. The second kappa shape index (κ2) is 43.5. The van der Waals surface area contributed by atoms with Crippen molar-refractivity contribution in [2.45, 2.75) is 173 Å². The number of carbonyl (C=O) groups is 4. The second-order valence-corrected chi connectivity index (χ2v) is 18.1. The van der Waals surface area contributed by atoms with Gasteiger partial charge in [-0.15, -0.1) is 0 Å². The van der Waals surface area contributed by atoms with Crippen LogP contribution >= 0.6 is 0 Å². The smallest absolute Gasteiger partial charge is 1.00 e. The van der Waals surface area contributed by atoms with Crippen molar-refractivity contribution in [2.24, 2.45) is 0 Å². The zero-order chi connectivity index (χ0) is 48.4. The topological polar surface area (TPSA) is 190 Å². The van der Waals surface area contributed by atoms with Gasteiger partial charge in [0.25, 0.3) is 16.0 Å². The molecule has 16 heteroatoms. The molecule has 1 amide bonds. The van der Waals surface area contributed by atoms with Crippen LogP contribution in [0.3, 0.4) is 0 Å². The van der Waals surface area contributed by atoms with E-state index in [-0.39, 0.29) is 50.3 Å². The maximum absolute atomic E-state index is 13.3. The normalized spacial score (nSPS) is 10.9. The fourth-order valence-electron chi connectivity index (χ4n) is 7.02. The van der Waals surface area contributed by atoms with Gasteiger partial charge in [0, 0.05) is 30.3 Å². The Bertz CT molecular complexity index is 1560. The van der Waals surface area contributed by atoms with E-state index in [0.717, 1.165) is 173 Å². The third-order valence-corrected chi connectivity index (χ3v) is 11.5. The molecule has 0 unspecified atom stereocenters. The van der Waals surface area contributed by atoms with Gasteiger partial charge in [-0.25, -0.2) is 14.4 Å². The molecule has 1 aromatic carbocycles. The van der Waals surface area contributed by atoms with Crippen molar-refractivity contribution in [1.29, 1.82) is 0 Å². The van der Waals surface area contributed by atoms with Crippen LogP contribution in [0.1, 0.15) is 185 Å². The van der Waals surface area contributed by atoms with Crippen LogP contribution in [-0.2, 0) is 38.7 Å². The Balaban J connectivity index is 0. The Kier molecular flexibility index (Phi) is 41.1. The fraction of sp³-hybridized carbons (Fsp3) is 0.686. The molecule has 0 spiro atoms. The molecule has 1 aromatic rings. The first kappa shape index (κ1) is 63.2. The summed E-state index contributed by atoms with van der Waals surface area (Å²) in [5.74, 6) is -1.04. The van der Waals surface area contributed by atoms with Gasteiger partial charge in [-0.1, -0.05) is 155 Å². The summed E-state index contributed by atoms with van der Waals surface area (Å²) in [5.41, 5.74) is 0.234. The van der Waals surface area contributed by atoms with Crippen molar-refractivity contribution in [3.63, 3.8) is 0 Å². The van der Waals surface area contributed by atoms with E-state index in [0.29, 0.717) is 56.9 Å². The second-order valence-electron chi connectivity index (χ2n) is 16.5. The predicted molar refractivity (Wildman–Crippen MR) is 261 cm³/mol. The molecule has 0 saturated heterocycles. The monoisotopic (exact) mass is 958 g/mol. The fourth-order valence-corrected chi connectivity index (χ4v) is 7.38. The number of hydrogen-bond donors (Lipinski definition) is 2. The first-order valence-corrected chi connectivity index (χ1v) is 26.3. The van der Waals surface area contributed by atoms with Crippen LogP contribution in [0.4, 0.5) is 0 Å². The molecule has 0 saturated carbocycles. The standard InChI is InChI=1S/C51H83NO13S.Li.H/c1-4-47(53)62-37-30-24-18-12-7-10-16-22-28-35-60-45-42-44(51(56)52-34-41-66(57,58)59)43-46(61-36-29-23-17-11-8-13-19-25-31-38-63-48(54)5-2)50(45)65-40-33-27-21-15-9-14-20-26-32-39-64-49(55)6-3;;/h4-6,42-43H,1-3,7-41H2,(H,52,56)(H,57,58,59);;/q;+1;-1. The van der Waals surface area contributed by atoms with Gasteiger partial charge in [0.1, 0.15) is 0 Å². The van der Waals surface area contributed by atoms with Gasteiger partial charge < -0.3 is 35.2 Å². The van der Waals surface area contributed by atoms with Crippen LogP contribution < -0.4 is 38.4 Å². The van der Waals surface area contributed by atoms with Crippen molar-refractivity contribution >= 4 is 33.9 Å². The Hall–Kier alpha value is -3.77. The average molecular weight is 958 g/mol. The summed E-state index contributed by atoms with van der Waals surface area (Å²) < 4.78 is 66.0. The Morgan fingerprint density at radius 3 is 1.03 bits per heavy atom. The number of unbranched alkanes of at least 4 members (excludes halogenated alkanes) is 24. The quantitative estimate of drug-likeness (QED) is 0.0159. The third kappa shape index (κ3) is 37.8. The minimum absolute atomic E-state index is 0.